The summed E-state index contributed by atoms with van der Waals surface area (Å²) in [5, 5.41) is 9.90. The van der Waals surface area contributed by atoms with Gasteiger partial charge >= 0.3 is 6.18 Å². The Balaban J connectivity index is 1.45. The van der Waals surface area contributed by atoms with Crippen LogP contribution in [-0.2, 0) is 12.7 Å². The molecule has 0 bridgehead atoms. The van der Waals surface area contributed by atoms with Crippen LogP contribution in [-0.4, -0.2) is 26.1 Å². The van der Waals surface area contributed by atoms with E-state index in [1.165, 1.54) is 6.07 Å². The van der Waals surface area contributed by atoms with Gasteiger partial charge in [-0.15, -0.1) is 11.3 Å². The van der Waals surface area contributed by atoms with Crippen molar-refractivity contribution in [1.29, 1.82) is 0 Å². The lowest BCUT2D eigenvalue weighted by Crippen LogP contribution is -2.36. The highest BCUT2D eigenvalue weighted by atomic mass is 32.1. The molecule has 31 heavy (non-hydrogen) atoms. The minimum atomic E-state index is -4.45. The van der Waals surface area contributed by atoms with E-state index in [9.17, 15) is 18.0 Å². The number of pyridine rings is 1. The van der Waals surface area contributed by atoms with Crippen LogP contribution in [0, 0.1) is 0 Å². The maximum absolute atomic E-state index is 13.3. The van der Waals surface area contributed by atoms with Gasteiger partial charge in [0.15, 0.2) is 0 Å². The third-order valence-corrected chi connectivity index (χ3v) is 6.18. The lowest BCUT2D eigenvalue weighted by Gasteiger charge is -2.16. The molecule has 0 spiro atoms. The second-order valence-corrected chi connectivity index (χ2v) is 8.19. The molecule has 0 atom stereocenters. The molecule has 0 fully saturated rings. The van der Waals surface area contributed by atoms with Crippen molar-refractivity contribution in [2.45, 2.75) is 12.7 Å². The van der Waals surface area contributed by atoms with E-state index in [2.05, 4.69) is 15.2 Å². The first kappa shape index (κ1) is 19.5. The second-order valence-electron chi connectivity index (χ2n) is 7.06. The molecular weight excluding hydrogens is 427 g/mol. The Hall–Kier alpha value is -3.50. The number of benzene rings is 2. The smallest absolute Gasteiger partial charge is 0.277 e. The third kappa shape index (κ3) is 3.39. The van der Waals surface area contributed by atoms with Crippen molar-refractivity contribution in [2.75, 3.05) is 0 Å². The molecule has 0 aliphatic rings. The number of hydrogen-bond donors (Lipinski definition) is 2. The Kier molecular flexibility index (Phi) is 4.42. The van der Waals surface area contributed by atoms with Crippen molar-refractivity contribution < 1.29 is 18.0 Å². The van der Waals surface area contributed by atoms with Gasteiger partial charge in [0, 0.05) is 32.1 Å². The zero-order valence-electron chi connectivity index (χ0n) is 15.8. The molecular formula is C21H14F3N5OS. The molecule has 10 heteroatoms. The van der Waals surface area contributed by atoms with E-state index < -0.39 is 17.6 Å². The van der Waals surface area contributed by atoms with Gasteiger partial charge in [-0.25, -0.2) is 5.84 Å². The summed E-state index contributed by atoms with van der Waals surface area (Å²) in [5.41, 5.74) is 1.10. The van der Waals surface area contributed by atoms with E-state index in [4.69, 9.17) is 5.84 Å². The Labute approximate surface area is 177 Å². The molecule has 0 unspecified atom stereocenters. The Morgan fingerprint density at radius 1 is 1.13 bits per heavy atom. The van der Waals surface area contributed by atoms with Crippen LogP contribution in [0.25, 0.3) is 31.9 Å². The fraction of sp³-hybridized carbons (Fsp3) is 0.0952. The molecule has 0 radical (unpaired) electrons. The lowest BCUT2D eigenvalue weighted by atomic mass is 10.1. The molecule has 5 rings (SSSR count). The Bertz CT molecular complexity index is 1460. The van der Waals surface area contributed by atoms with E-state index >= 15 is 0 Å². The van der Waals surface area contributed by atoms with Gasteiger partial charge in [0.25, 0.3) is 5.91 Å². The summed E-state index contributed by atoms with van der Waals surface area (Å²) >= 11 is 0.980. The van der Waals surface area contributed by atoms with Crippen molar-refractivity contribution in [1.82, 2.24) is 20.2 Å². The van der Waals surface area contributed by atoms with E-state index in [1.54, 1.807) is 42.7 Å². The number of carbonyl (C=O) groups is 1. The molecule has 0 aliphatic heterocycles. The highest BCUT2D eigenvalue weighted by Crippen LogP contribution is 2.39. The quantitative estimate of drug-likeness (QED) is 0.238. The summed E-state index contributed by atoms with van der Waals surface area (Å²) < 4.78 is 39.9. The van der Waals surface area contributed by atoms with Gasteiger partial charge in [-0.05, 0) is 35.7 Å². The number of hydrazine groups is 1. The third-order valence-electron chi connectivity index (χ3n) is 5.01. The van der Waals surface area contributed by atoms with Crippen molar-refractivity contribution in [2.24, 2.45) is 5.84 Å². The van der Waals surface area contributed by atoms with Crippen LogP contribution in [0.2, 0.25) is 0 Å². The summed E-state index contributed by atoms with van der Waals surface area (Å²) in [5.74, 6) is 5.54. The summed E-state index contributed by atoms with van der Waals surface area (Å²) in [7, 11) is 0. The zero-order valence-corrected chi connectivity index (χ0v) is 16.6. The number of carbonyl (C=O) groups excluding carboxylic acids is 1. The number of alkyl halides is 3. The van der Waals surface area contributed by atoms with Crippen LogP contribution >= 0.6 is 11.3 Å². The van der Waals surface area contributed by atoms with Crippen LogP contribution in [0.5, 0.6) is 0 Å². The van der Waals surface area contributed by atoms with Gasteiger partial charge in [-0.2, -0.15) is 18.3 Å². The number of aromatic nitrogens is 3. The van der Waals surface area contributed by atoms with Gasteiger partial charge in [0.1, 0.15) is 0 Å². The predicted octanol–water partition coefficient (Wildman–Crippen LogP) is 4.86. The highest BCUT2D eigenvalue weighted by Gasteiger charge is 2.33. The monoisotopic (exact) mass is 441 g/mol. The largest absolute Gasteiger partial charge is 0.417 e. The normalized spacial score (nSPS) is 12.1. The SMILES string of the molecule is NN(Cc1cc2cccc(C(F)(F)F)c2s1)C(=O)c1ccc2ncc3cn[nH]c3c2c1. The molecule has 0 aliphatic carbocycles. The predicted molar refractivity (Wildman–Crippen MR) is 112 cm³/mol. The van der Waals surface area contributed by atoms with Crippen LogP contribution < -0.4 is 5.84 Å². The minimum absolute atomic E-state index is 0.0139. The average molecular weight is 441 g/mol. The first-order chi connectivity index (χ1) is 14.8. The lowest BCUT2D eigenvalue weighted by molar-refractivity contribution is -0.136. The highest BCUT2D eigenvalue weighted by molar-refractivity contribution is 7.19. The van der Waals surface area contributed by atoms with E-state index in [-0.39, 0.29) is 11.2 Å². The number of hydrogen-bond acceptors (Lipinski definition) is 5. The maximum atomic E-state index is 13.3. The van der Waals surface area contributed by atoms with Gasteiger partial charge in [0.05, 0.1) is 29.3 Å². The Morgan fingerprint density at radius 2 is 1.97 bits per heavy atom. The number of fused-ring (bicyclic) bond motifs is 4. The molecule has 156 valence electrons. The number of rotatable bonds is 3. The summed E-state index contributed by atoms with van der Waals surface area (Å²) in [6.45, 7) is -0.0139. The first-order valence-electron chi connectivity index (χ1n) is 9.18. The zero-order chi connectivity index (χ0) is 21.8. The van der Waals surface area contributed by atoms with Gasteiger partial charge in [-0.3, -0.25) is 19.9 Å². The number of thiophene rings is 1. The van der Waals surface area contributed by atoms with Crippen molar-refractivity contribution in [3.8, 4) is 0 Å². The fourth-order valence-electron chi connectivity index (χ4n) is 3.55. The number of nitrogens with two attached hydrogens (primary N) is 1. The second kappa shape index (κ2) is 7.03. The van der Waals surface area contributed by atoms with Gasteiger partial charge in [-0.1, -0.05) is 12.1 Å². The van der Waals surface area contributed by atoms with Crippen molar-refractivity contribution >= 4 is 49.1 Å². The number of aromatic amines is 1. The fourth-order valence-corrected chi connectivity index (χ4v) is 4.74. The molecule has 3 aromatic heterocycles. The number of nitrogens with one attached hydrogen (secondary N) is 1. The number of H-pyrrole nitrogens is 1. The molecule has 6 nitrogen and oxygen atoms in total. The van der Waals surface area contributed by atoms with Crippen LogP contribution in [0.1, 0.15) is 20.8 Å². The molecule has 1 amide bonds. The van der Waals surface area contributed by atoms with Crippen molar-refractivity contribution in [3.05, 3.63) is 70.9 Å². The number of halogens is 3. The molecule has 0 saturated heterocycles. The number of nitrogens with zero attached hydrogens (tertiary/aromatic N) is 3. The topological polar surface area (TPSA) is 87.9 Å². The summed E-state index contributed by atoms with van der Waals surface area (Å²) in [4.78, 5) is 17.8. The van der Waals surface area contributed by atoms with Crippen LogP contribution in [0.3, 0.4) is 0 Å². The van der Waals surface area contributed by atoms with Crippen molar-refractivity contribution in [3.63, 3.8) is 0 Å². The number of amides is 1. The summed E-state index contributed by atoms with van der Waals surface area (Å²) in [6, 6.07) is 10.7. The van der Waals surface area contributed by atoms with Crippen LogP contribution in [0.15, 0.2) is 54.9 Å². The molecule has 2 aromatic carbocycles. The first-order valence-corrected chi connectivity index (χ1v) is 10.00. The van der Waals surface area contributed by atoms with E-state index in [0.29, 0.717) is 21.3 Å². The Morgan fingerprint density at radius 3 is 2.77 bits per heavy atom. The average Bonchev–Trinajstić information content (AvgIpc) is 3.38. The van der Waals surface area contributed by atoms with E-state index in [0.717, 1.165) is 38.7 Å². The molecule has 3 heterocycles. The van der Waals surface area contributed by atoms with E-state index in [1.807, 2.05) is 0 Å². The molecule has 5 aromatic rings. The van der Waals surface area contributed by atoms with Crippen LogP contribution in [0.4, 0.5) is 13.2 Å². The standard InChI is InChI=1S/C21H14F3N5OS/c22-21(23,24)16-3-1-2-11-6-14(31-19(11)16)10-29(25)20(30)12-4-5-17-15(7-12)18-13(8-26-17)9-27-28-18/h1-9H,10,25H2,(H,27,28). The summed E-state index contributed by atoms with van der Waals surface area (Å²) in [6.07, 6.45) is -1.12. The molecule has 3 N–H and O–H groups in total. The molecule has 0 saturated carbocycles. The van der Waals surface area contributed by atoms with Gasteiger partial charge < -0.3 is 0 Å². The minimum Gasteiger partial charge on any atom is -0.277 e. The van der Waals surface area contributed by atoms with Gasteiger partial charge in [0.2, 0.25) is 0 Å². The maximum Gasteiger partial charge on any atom is 0.417 e.